The monoisotopic (exact) mass is 358 g/mol. The lowest BCUT2D eigenvalue weighted by Gasteiger charge is -2.11. The van der Waals surface area contributed by atoms with Crippen LogP contribution >= 0.6 is 0 Å². The van der Waals surface area contributed by atoms with Crippen LogP contribution in [-0.4, -0.2) is 37.6 Å². The molecule has 2 aromatic carbocycles. The maximum atomic E-state index is 10.6. The van der Waals surface area contributed by atoms with Gasteiger partial charge in [0.1, 0.15) is 5.75 Å². The van der Waals surface area contributed by atoms with Crippen LogP contribution in [0.3, 0.4) is 0 Å². The summed E-state index contributed by atoms with van der Waals surface area (Å²) in [5, 5.41) is 12.9. The molecule has 0 spiro atoms. The molecule has 0 aliphatic rings. The fraction of sp³-hybridized carbons (Fsp3) is 0.263. The van der Waals surface area contributed by atoms with Crippen molar-refractivity contribution in [2.45, 2.75) is 13.5 Å². The first kappa shape index (κ1) is 19.1. The van der Waals surface area contributed by atoms with Crippen LogP contribution in [0, 0.1) is 0 Å². The van der Waals surface area contributed by atoms with Crippen LogP contribution in [0.15, 0.2) is 47.6 Å². The van der Waals surface area contributed by atoms with Crippen LogP contribution in [0.4, 0.5) is 0 Å². The van der Waals surface area contributed by atoms with Gasteiger partial charge in [-0.1, -0.05) is 18.2 Å². The van der Waals surface area contributed by atoms with E-state index >= 15 is 0 Å². The lowest BCUT2D eigenvalue weighted by atomic mass is 10.2. The van der Waals surface area contributed by atoms with Gasteiger partial charge in [0.05, 0.1) is 26.5 Å². The van der Waals surface area contributed by atoms with Gasteiger partial charge >= 0.3 is 5.97 Å². The summed E-state index contributed by atoms with van der Waals surface area (Å²) >= 11 is 0. The van der Waals surface area contributed by atoms with Gasteiger partial charge in [0.2, 0.25) is 0 Å². The first-order valence-electron chi connectivity index (χ1n) is 8.13. The number of hydrazone groups is 1. The molecule has 0 heterocycles. The second-order valence-corrected chi connectivity index (χ2v) is 5.23. The van der Waals surface area contributed by atoms with Crippen molar-refractivity contribution in [1.82, 2.24) is 5.43 Å². The highest BCUT2D eigenvalue weighted by Crippen LogP contribution is 2.28. The average molecular weight is 358 g/mol. The van der Waals surface area contributed by atoms with E-state index in [-0.39, 0.29) is 0 Å². The fourth-order valence-electron chi connectivity index (χ4n) is 2.23. The lowest BCUT2D eigenvalue weighted by molar-refractivity contribution is -0.139. The Balaban J connectivity index is 2.00. The van der Waals surface area contributed by atoms with E-state index in [0.29, 0.717) is 24.7 Å². The van der Waals surface area contributed by atoms with E-state index in [1.54, 1.807) is 31.5 Å². The van der Waals surface area contributed by atoms with Gasteiger partial charge in [0.15, 0.2) is 18.1 Å². The summed E-state index contributed by atoms with van der Waals surface area (Å²) in [5.74, 6) is 0.614. The molecule has 0 atom stereocenters. The second kappa shape index (κ2) is 9.93. The van der Waals surface area contributed by atoms with Crippen molar-refractivity contribution in [1.29, 1.82) is 0 Å². The number of nitrogens with zero attached hydrogens (tertiary/aromatic N) is 1. The number of para-hydroxylation sites is 1. The van der Waals surface area contributed by atoms with Gasteiger partial charge in [-0.2, -0.15) is 5.10 Å². The molecule has 0 amide bonds. The third-order valence-electron chi connectivity index (χ3n) is 3.39. The summed E-state index contributed by atoms with van der Waals surface area (Å²) in [5.41, 5.74) is 4.77. The lowest BCUT2D eigenvalue weighted by Crippen LogP contribution is -2.10. The molecule has 26 heavy (non-hydrogen) atoms. The summed E-state index contributed by atoms with van der Waals surface area (Å²) in [6.07, 6.45) is 1.65. The molecule has 0 fully saturated rings. The highest BCUT2D eigenvalue weighted by atomic mass is 16.5. The Morgan fingerprint density at radius 3 is 2.69 bits per heavy atom. The smallest absolute Gasteiger partial charge is 0.341 e. The molecule has 0 aliphatic carbocycles. The number of hydrogen-bond donors (Lipinski definition) is 2. The van der Waals surface area contributed by atoms with E-state index in [2.05, 4.69) is 10.5 Å². The van der Waals surface area contributed by atoms with Crippen LogP contribution in [0.2, 0.25) is 0 Å². The molecule has 2 aromatic rings. The number of methoxy groups -OCH3 is 1. The van der Waals surface area contributed by atoms with Gasteiger partial charge < -0.3 is 24.7 Å². The summed E-state index contributed by atoms with van der Waals surface area (Å²) in [7, 11) is 1.63. The van der Waals surface area contributed by atoms with Crippen molar-refractivity contribution in [2.75, 3.05) is 20.3 Å². The summed E-state index contributed by atoms with van der Waals surface area (Å²) in [6, 6.07) is 12.9. The van der Waals surface area contributed by atoms with Gasteiger partial charge in [-0.25, -0.2) is 4.79 Å². The van der Waals surface area contributed by atoms with Crippen molar-refractivity contribution in [2.24, 2.45) is 5.10 Å². The van der Waals surface area contributed by atoms with Gasteiger partial charge in [0, 0.05) is 5.56 Å². The van der Waals surface area contributed by atoms with Crippen molar-refractivity contribution < 1.29 is 24.1 Å². The minimum Gasteiger partial charge on any atom is -0.496 e. The molecule has 0 aliphatic heterocycles. The van der Waals surface area contributed by atoms with E-state index < -0.39 is 12.6 Å². The first-order valence-corrected chi connectivity index (χ1v) is 8.13. The minimum atomic E-state index is -1.04. The predicted molar refractivity (Wildman–Crippen MR) is 98.2 cm³/mol. The Morgan fingerprint density at radius 2 is 1.96 bits per heavy atom. The number of carbonyl (C=O) groups is 1. The van der Waals surface area contributed by atoms with E-state index in [1.807, 2.05) is 31.2 Å². The average Bonchev–Trinajstić information content (AvgIpc) is 2.65. The molecule has 0 saturated carbocycles. The predicted octanol–water partition coefficient (Wildman–Crippen LogP) is 2.68. The highest BCUT2D eigenvalue weighted by Gasteiger charge is 2.08. The summed E-state index contributed by atoms with van der Waals surface area (Å²) < 4.78 is 16.0. The number of aliphatic carboxylic acids is 1. The van der Waals surface area contributed by atoms with E-state index in [0.717, 1.165) is 16.9 Å². The molecule has 7 heteroatoms. The van der Waals surface area contributed by atoms with Gasteiger partial charge in [-0.3, -0.25) is 0 Å². The third kappa shape index (κ3) is 5.70. The van der Waals surface area contributed by atoms with E-state index in [4.69, 9.17) is 19.3 Å². The topological polar surface area (TPSA) is 89.4 Å². The number of benzene rings is 2. The Labute approximate surface area is 152 Å². The molecule has 2 rings (SSSR count). The fourth-order valence-corrected chi connectivity index (χ4v) is 2.23. The van der Waals surface area contributed by atoms with Crippen molar-refractivity contribution >= 4 is 12.2 Å². The number of ether oxygens (including phenoxy) is 3. The van der Waals surface area contributed by atoms with Crippen molar-refractivity contribution in [3.63, 3.8) is 0 Å². The van der Waals surface area contributed by atoms with E-state index in [9.17, 15) is 4.79 Å². The Morgan fingerprint density at radius 1 is 1.15 bits per heavy atom. The van der Waals surface area contributed by atoms with E-state index in [1.165, 1.54) is 0 Å². The number of carboxylic acid groups (broad SMARTS) is 1. The molecular formula is C19H22N2O5. The Bertz CT molecular complexity index is 761. The zero-order valence-electron chi connectivity index (χ0n) is 14.8. The SMILES string of the molecule is CCOc1cc(/C=N/NCc2ccccc2OC)ccc1OCC(=O)O. The van der Waals surface area contributed by atoms with Gasteiger partial charge in [-0.15, -0.1) is 0 Å². The van der Waals surface area contributed by atoms with Gasteiger partial charge in [-0.05, 0) is 36.8 Å². The number of nitrogens with one attached hydrogen (secondary N) is 1. The quantitative estimate of drug-likeness (QED) is 0.501. The molecule has 0 unspecified atom stereocenters. The van der Waals surface area contributed by atoms with Crippen molar-refractivity contribution in [3.8, 4) is 17.2 Å². The first-order chi connectivity index (χ1) is 12.6. The largest absolute Gasteiger partial charge is 0.496 e. The zero-order chi connectivity index (χ0) is 18.8. The minimum absolute atomic E-state index is 0.383. The van der Waals surface area contributed by atoms with Crippen LogP contribution < -0.4 is 19.6 Å². The molecule has 2 N–H and O–H groups in total. The van der Waals surface area contributed by atoms with Crippen LogP contribution in [0.5, 0.6) is 17.2 Å². The Hall–Kier alpha value is -3.22. The van der Waals surface area contributed by atoms with Crippen LogP contribution in [0.25, 0.3) is 0 Å². The number of hydrogen-bond acceptors (Lipinski definition) is 6. The second-order valence-electron chi connectivity index (χ2n) is 5.23. The molecule has 0 aromatic heterocycles. The van der Waals surface area contributed by atoms with Gasteiger partial charge in [0.25, 0.3) is 0 Å². The molecule has 0 saturated heterocycles. The number of carboxylic acids is 1. The molecular weight excluding hydrogens is 336 g/mol. The van der Waals surface area contributed by atoms with Crippen LogP contribution in [-0.2, 0) is 11.3 Å². The summed E-state index contributed by atoms with van der Waals surface area (Å²) in [4.78, 5) is 10.6. The normalized spacial score (nSPS) is 10.5. The standard InChI is InChI=1S/C19H22N2O5/c1-3-25-18-10-14(8-9-17(18)26-13-19(22)23)11-20-21-12-15-6-4-5-7-16(15)24-2/h4-11,21H,3,12-13H2,1-2H3,(H,22,23)/b20-11+. The number of rotatable bonds is 10. The molecule has 0 radical (unpaired) electrons. The maximum Gasteiger partial charge on any atom is 0.341 e. The van der Waals surface area contributed by atoms with Crippen LogP contribution in [0.1, 0.15) is 18.1 Å². The Kier molecular flexibility index (Phi) is 7.30. The highest BCUT2D eigenvalue weighted by molar-refractivity contribution is 5.80. The maximum absolute atomic E-state index is 10.6. The molecule has 7 nitrogen and oxygen atoms in total. The summed E-state index contributed by atoms with van der Waals surface area (Å²) in [6.45, 7) is 2.39. The third-order valence-corrected chi connectivity index (χ3v) is 3.39. The zero-order valence-corrected chi connectivity index (χ0v) is 14.8. The van der Waals surface area contributed by atoms with Crippen molar-refractivity contribution in [3.05, 3.63) is 53.6 Å². The molecule has 0 bridgehead atoms. The molecule has 138 valence electrons.